The summed E-state index contributed by atoms with van der Waals surface area (Å²) in [5, 5.41) is 3.10. The minimum Gasteiger partial charge on any atom is -0.356 e. The van der Waals surface area contributed by atoms with Gasteiger partial charge in [0.05, 0.1) is 0 Å². The van der Waals surface area contributed by atoms with Crippen molar-refractivity contribution >= 4 is 5.91 Å². The van der Waals surface area contributed by atoms with E-state index in [2.05, 4.69) is 39.6 Å². The topological polar surface area (TPSA) is 29.1 Å². The van der Waals surface area contributed by atoms with Gasteiger partial charge in [-0.1, -0.05) is 39.3 Å². The van der Waals surface area contributed by atoms with Crippen LogP contribution >= 0.6 is 0 Å². The predicted molar refractivity (Wildman–Crippen MR) is 101 cm³/mol. The zero-order chi connectivity index (χ0) is 17.5. The molecule has 5 unspecified atom stereocenters. The second-order valence-electron chi connectivity index (χ2n) is 9.44. The lowest BCUT2D eigenvalue weighted by atomic mass is 9.45. The van der Waals surface area contributed by atoms with Gasteiger partial charge < -0.3 is 5.32 Å². The Morgan fingerprint density at radius 2 is 1.96 bits per heavy atom. The molecule has 0 aromatic carbocycles. The first kappa shape index (κ1) is 18.0. The Bertz CT molecular complexity index is 512. The largest absolute Gasteiger partial charge is 0.356 e. The van der Waals surface area contributed by atoms with Crippen LogP contribution in [0.2, 0.25) is 0 Å². The van der Waals surface area contributed by atoms with Gasteiger partial charge in [0.1, 0.15) is 0 Å². The first-order chi connectivity index (χ1) is 11.3. The van der Waals surface area contributed by atoms with Crippen LogP contribution in [-0.2, 0) is 4.79 Å². The molecule has 136 valence electrons. The molecule has 24 heavy (non-hydrogen) atoms. The highest BCUT2D eigenvalue weighted by Gasteiger charge is 2.55. The van der Waals surface area contributed by atoms with Gasteiger partial charge in [-0.05, 0) is 80.0 Å². The van der Waals surface area contributed by atoms with E-state index in [0.29, 0.717) is 10.8 Å². The summed E-state index contributed by atoms with van der Waals surface area (Å²) in [6, 6.07) is 0. The molecule has 3 rings (SSSR count). The number of carbonyl (C=O) groups is 1. The summed E-state index contributed by atoms with van der Waals surface area (Å²) >= 11 is 0. The van der Waals surface area contributed by atoms with E-state index < -0.39 is 0 Å². The highest BCUT2D eigenvalue weighted by molar-refractivity contribution is 5.76. The molecule has 1 heterocycles. The van der Waals surface area contributed by atoms with Gasteiger partial charge in [-0.15, -0.1) is 0 Å². The molecule has 1 saturated heterocycles. The number of rotatable bonds is 2. The van der Waals surface area contributed by atoms with Crippen molar-refractivity contribution < 1.29 is 4.79 Å². The highest BCUT2D eigenvalue weighted by atomic mass is 16.1. The van der Waals surface area contributed by atoms with Crippen LogP contribution in [0.3, 0.4) is 0 Å². The van der Waals surface area contributed by atoms with Gasteiger partial charge in [0.2, 0.25) is 5.91 Å². The van der Waals surface area contributed by atoms with Crippen molar-refractivity contribution in [2.24, 2.45) is 34.5 Å². The Balaban J connectivity index is 1.90. The Kier molecular flexibility index (Phi) is 4.88. The van der Waals surface area contributed by atoms with E-state index in [4.69, 9.17) is 0 Å². The summed E-state index contributed by atoms with van der Waals surface area (Å²) < 4.78 is 0. The van der Waals surface area contributed by atoms with Gasteiger partial charge in [-0.2, -0.15) is 0 Å². The standard InChI is InChI=1S/C22H37NO/c1-6-18-17-8-7-16-11-14-23-20(24)10-13-22(16,5)19(17)9-12-21(18,4)15(2)3/h16-19H,2,6-14H2,1,3-5H3,(H,23,24)/t16?,17?,18?,19?,21?,22-/m1/s1. The Morgan fingerprint density at radius 3 is 2.62 bits per heavy atom. The summed E-state index contributed by atoms with van der Waals surface area (Å²) in [5.41, 5.74) is 2.07. The quantitative estimate of drug-likeness (QED) is 0.680. The highest BCUT2D eigenvalue weighted by Crippen LogP contribution is 2.63. The van der Waals surface area contributed by atoms with Crippen LogP contribution in [0.5, 0.6) is 0 Å². The van der Waals surface area contributed by atoms with E-state index in [0.717, 1.165) is 43.1 Å². The molecule has 1 amide bonds. The fourth-order valence-electron chi connectivity index (χ4n) is 6.86. The zero-order valence-corrected chi connectivity index (χ0v) is 16.3. The number of nitrogens with one attached hydrogen (secondary N) is 1. The third-order valence-corrected chi connectivity index (χ3v) is 8.58. The van der Waals surface area contributed by atoms with Crippen molar-refractivity contribution in [3.05, 3.63) is 12.2 Å². The fraction of sp³-hybridized carbons (Fsp3) is 0.864. The first-order valence-corrected chi connectivity index (χ1v) is 10.3. The van der Waals surface area contributed by atoms with Crippen LogP contribution in [-0.4, -0.2) is 12.5 Å². The maximum Gasteiger partial charge on any atom is 0.220 e. The van der Waals surface area contributed by atoms with Gasteiger partial charge in [0, 0.05) is 13.0 Å². The summed E-state index contributed by atoms with van der Waals surface area (Å²) in [6.07, 6.45) is 9.63. The third kappa shape index (κ3) is 2.74. The molecule has 2 heteroatoms. The van der Waals surface area contributed by atoms with E-state index >= 15 is 0 Å². The van der Waals surface area contributed by atoms with Crippen LogP contribution in [0.15, 0.2) is 12.2 Å². The second kappa shape index (κ2) is 6.50. The smallest absolute Gasteiger partial charge is 0.220 e. The number of carbonyl (C=O) groups excluding carboxylic acids is 1. The molecule has 0 aromatic rings. The van der Waals surface area contributed by atoms with Crippen LogP contribution in [0.25, 0.3) is 0 Å². The molecule has 0 radical (unpaired) electrons. The van der Waals surface area contributed by atoms with Gasteiger partial charge in [-0.25, -0.2) is 0 Å². The number of fused-ring (bicyclic) bond motifs is 3. The maximum atomic E-state index is 12.0. The lowest BCUT2D eigenvalue weighted by Gasteiger charge is -2.60. The molecule has 1 N–H and O–H groups in total. The lowest BCUT2D eigenvalue weighted by Crippen LogP contribution is -2.53. The van der Waals surface area contributed by atoms with Crippen LogP contribution < -0.4 is 5.32 Å². The van der Waals surface area contributed by atoms with Crippen molar-refractivity contribution in [1.29, 1.82) is 0 Å². The van der Waals surface area contributed by atoms with Crippen LogP contribution in [0.4, 0.5) is 0 Å². The molecule has 0 bridgehead atoms. The van der Waals surface area contributed by atoms with E-state index in [-0.39, 0.29) is 5.91 Å². The number of hydrogen-bond acceptors (Lipinski definition) is 1. The molecule has 3 fully saturated rings. The molecule has 3 aliphatic rings. The van der Waals surface area contributed by atoms with Crippen molar-refractivity contribution in [3.8, 4) is 0 Å². The average Bonchev–Trinajstić information content (AvgIpc) is 2.53. The normalized spacial score (nSPS) is 46.1. The first-order valence-electron chi connectivity index (χ1n) is 10.3. The van der Waals surface area contributed by atoms with Crippen LogP contribution in [0.1, 0.15) is 79.1 Å². The number of hydrogen-bond donors (Lipinski definition) is 1. The predicted octanol–water partition coefficient (Wildman–Crippen LogP) is 5.34. The van der Waals surface area contributed by atoms with E-state index in [1.165, 1.54) is 44.1 Å². The average molecular weight is 332 g/mol. The Hall–Kier alpha value is -0.790. The Labute approximate surface area is 148 Å². The molecule has 0 aromatic heterocycles. The van der Waals surface area contributed by atoms with Crippen LogP contribution in [0, 0.1) is 34.5 Å². The summed E-state index contributed by atoms with van der Waals surface area (Å²) in [5.74, 6) is 3.47. The van der Waals surface area contributed by atoms with Crippen molar-refractivity contribution in [1.82, 2.24) is 5.32 Å². The van der Waals surface area contributed by atoms with E-state index in [9.17, 15) is 4.79 Å². The lowest BCUT2D eigenvalue weighted by molar-refractivity contribution is -0.128. The molecule has 2 aliphatic carbocycles. The van der Waals surface area contributed by atoms with Crippen molar-refractivity contribution in [2.45, 2.75) is 79.1 Å². The van der Waals surface area contributed by atoms with Gasteiger partial charge >= 0.3 is 0 Å². The Morgan fingerprint density at radius 1 is 1.21 bits per heavy atom. The van der Waals surface area contributed by atoms with E-state index in [1.54, 1.807) is 0 Å². The number of allylic oxidation sites excluding steroid dienone is 1. The summed E-state index contributed by atoms with van der Waals surface area (Å²) in [6.45, 7) is 14.9. The molecule has 2 nitrogen and oxygen atoms in total. The number of amides is 1. The molecule has 6 atom stereocenters. The molecule has 0 spiro atoms. The molecule has 1 aliphatic heterocycles. The fourth-order valence-corrected chi connectivity index (χ4v) is 6.86. The van der Waals surface area contributed by atoms with Crippen molar-refractivity contribution in [2.75, 3.05) is 6.54 Å². The van der Waals surface area contributed by atoms with Gasteiger partial charge in [0.15, 0.2) is 0 Å². The van der Waals surface area contributed by atoms with Gasteiger partial charge in [0.25, 0.3) is 0 Å². The third-order valence-electron chi connectivity index (χ3n) is 8.58. The van der Waals surface area contributed by atoms with E-state index in [1.807, 2.05) is 0 Å². The second-order valence-corrected chi connectivity index (χ2v) is 9.44. The van der Waals surface area contributed by atoms with Gasteiger partial charge in [-0.3, -0.25) is 4.79 Å². The SMILES string of the molecule is C=C(C)C1(C)CCC2C(CCC3CCNC(=O)CC[C@]32C)C1CC. The molecular weight excluding hydrogens is 294 g/mol. The molecular formula is C22H37NO. The maximum absolute atomic E-state index is 12.0. The zero-order valence-electron chi connectivity index (χ0n) is 16.3. The minimum absolute atomic E-state index is 0.270. The van der Waals surface area contributed by atoms with Crippen molar-refractivity contribution in [3.63, 3.8) is 0 Å². The molecule has 2 saturated carbocycles. The summed E-state index contributed by atoms with van der Waals surface area (Å²) in [7, 11) is 0. The minimum atomic E-state index is 0.270. The summed E-state index contributed by atoms with van der Waals surface area (Å²) in [4.78, 5) is 12.0. The monoisotopic (exact) mass is 331 g/mol.